The van der Waals surface area contributed by atoms with Gasteiger partial charge in [-0.1, -0.05) is 28.1 Å². The Labute approximate surface area is 123 Å². The van der Waals surface area contributed by atoms with Crippen LogP contribution in [0.5, 0.6) is 0 Å². The van der Waals surface area contributed by atoms with Crippen molar-refractivity contribution in [3.8, 4) is 0 Å². The van der Waals surface area contributed by atoms with Crippen molar-refractivity contribution in [2.45, 2.75) is 19.3 Å². The maximum atomic E-state index is 11.9. The zero-order valence-corrected chi connectivity index (χ0v) is 12.9. The fourth-order valence-corrected chi connectivity index (χ4v) is 2.64. The summed E-state index contributed by atoms with van der Waals surface area (Å²) in [5, 5.41) is 3.06. The van der Waals surface area contributed by atoms with Gasteiger partial charge in [0.2, 0.25) is 5.91 Å². The van der Waals surface area contributed by atoms with Gasteiger partial charge in [0.25, 0.3) is 0 Å². The molecule has 1 aliphatic rings. The highest BCUT2D eigenvalue weighted by Gasteiger charge is 2.17. The number of carbonyl (C=O) groups excluding carboxylic acids is 1. The van der Waals surface area contributed by atoms with Crippen molar-refractivity contribution in [2.75, 3.05) is 26.7 Å². The van der Waals surface area contributed by atoms with E-state index in [1.165, 1.54) is 12.8 Å². The van der Waals surface area contributed by atoms with Crippen molar-refractivity contribution < 1.29 is 4.79 Å². The molecule has 19 heavy (non-hydrogen) atoms. The second-order valence-corrected chi connectivity index (χ2v) is 6.27. The molecule has 0 aliphatic carbocycles. The summed E-state index contributed by atoms with van der Waals surface area (Å²) in [6, 6.07) is 7.91. The minimum absolute atomic E-state index is 0.126. The van der Waals surface area contributed by atoms with Gasteiger partial charge >= 0.3 is 0 Å². The van der Waals surface area contributed by atoms with E-state index in [1.807, 2.05) is 24.3 Å². The summed E-state index contributed by atoms with van der Waals surface area (Å²) in [5.74, 6) is 0.770. The molecule has 0 radical (unpaired) electrons. The Morgan fingerprint density at radius 1 is 1.32 bits per heavy atom. The van der Waals surface area contributed by atoms with Crippen LogP contribution in [-0.4, -0.2) is 37.5 Å². The van der Waals surface area contributed by atoms with Crippen molar-refractivity contribution in [3.63, 3.8) is 0 Å². The second-order valence-electron chi connectivity index (χ2n) is 5.35. The molecule has 0 aromatic heterocycles. The zero-order chi connectivity index (χ0) is 13.7. The average molecular weight is 325 g/mol. The lowest BCUT2D eigenvalue weighted by Gasteiger charge is -2.28. The third-order valence-corrected chi connectivity index (χ3v) is 4.23. The first-order valence-corrected chi connectivity index (χ1v) is 7.62. The van der Waals surface area contributed by atoms with Gasteiger partial charge in [-0.15, -0.1) is 0 Å². The number of halogens is 1. The number of hydrogen-bond acceptors (Lipinski definition) is 2. The highest BCUT2D eigenvalue weighted by Crippen LogP contribution is 2.15. The summed E-state index contributed by atoms with van der Waals surface area (Å²) in [6.07, 6.45) is 2.85. The predicted molar refractivity (Wildman–Crippen MR) is 81.1 cm³/mol. The lowest BCUT2D eigenvalue weighted by molar-refractivity contribution is -0.120. The van der Waals surface area contributed by atoms with E-state index >= 15 is 0 Å². The molecule has 104 valence electrons. The average Bonchev–Trinajstić information content (AvgIpc) is 2.41. The van der Waals surface area contributed by atoms with Gasteiger partial charge in [0.15, 0.2) is 0 Å². The number of carbonyl (C=O) groups is 1. The predicted octanol–water partition coefficient (Wildman–Crippen LogP) is 2.45. The van der Waals surface area contributed by atoms with Gasteiger partial charge in [-0.05, 0) is 56.6 Å². The minimum atomic E-state index is 0.126. The molecule has 1 heterocycles. The van der Waals surface area contributed by atoms with Gasteiger partial charge in [-0.3, -0.25) is 4.79 Å². The Kier molecular flexibility index (Phi) is 5.40. The van der Waals surface area contributed by atoms with Crippen molar-refractivity contribution in [3.05, 3.63) is 34.3 Å². The van der Waals surface area contributed by atoms with Gasteiger partial charge in [0.1, 0.15) is 0 Å². The Morgan fingerprint density at radius 2 is 1.95 bits per heavy atom. The van der Waals surface area contributed by atoms with Crippen LogP contribution >= 0.6 is 15.9 Å². The number of hydrogen-bond donors (Lipinski definition) is 1. The standard InChI is InChI=1S/C15H21BrN2O/c1-18-8-6-13(7-9-18)11-17-15(19)10-12-2-4-14(16)5-3-12/h2-5,13H,6-11H2,1H3,(H,17,19). The topological polar surface area (TPSA) is 32.3 Å². The Bertz CT molecular complexity index is 411. The van der Waals surface area contributed by atoms with Crippen LogP contribution in [0.15, 0.2) is 28.7 Å². The van der Waals surface area contributed by atoms with Crippen LogP contribution in [0.3, 0.4) is 0 Å². The number of piperidine rings is 1. The molecular formula is C15H21BrN2O. The van der Waals surface area contributed by atoms with Crippen molar-refractivity contribution in [1.29, 1.82) is 0 Å². The molecule has 1 aromatic rings. The van der Waals surface area contributed by atoms with E-state index in [0.717, 1.165) is 29.7 Å². The SMILES string of the molecule is CN1CCC(CNC(=O)Cc2ccc(Br)cc2)CC1. The van der Waals surface area contributed by atoms with Crippen LogP contribution in [0.4, 0.5) is 0 Å². The van der Waals surface area contributed by atoms with Crippen molar-refractivity contribution in [2.24, 2.45) is 5.92 Å². The van der Waals surface area contributed by atoms with E-state index in [0.29, 0.717) is 12.3 Å². The fraction of sp³-hybridized carbons (Fsp3) is 0.533. The maximum absolute atomic E-state index is 11.9. The number of amides is 1. The molecule has 1 fully saturated rings. The maximum Gasteiger partial charge on any atom is 0.224 e. The lowest BCUT2D eigenvalue weighted by atomic mass is 9.97. The zero-order valence-electron chi connectivity index (χ0n) is 11.4. The molecule has 1 N–H and O–H groups in total. The largest absolute Gasteiger partial charge is 0.356 e. The molecule has 1 aromatic carbocycles. The van der Waals surface area contributed by atoms with Crippen LogP contribution in [0.2, 0.25) is 0 Å². The quantitative estimate of drug-likeness (QED) is 0.922. The summed E-state index contributed by atoms with van der Waals surface area (Å²) in [7, 11) is 2.16. The second kappa shape index (κ2) is 7.06. The van der Waals surface area contributed by atoms with Gasteiger partial charge in [-0.2, -0.15) is 0 Å². The number of benzene rings is 1. The summed E-state index contributed by atoms with van der Waals surface area (Å²) >= 11 is 3.39. The number of nitrogens with zero attached hydrogens (tertiary/aromatic N) is 1. The monoisotopic (exact) mass is 324 g/mol. The molecule has 1 amide bonds. The first kappa shape index (κ1) is 14.5. The van der Waals surface area contributed by atoms with E-state index in [2.05, 4.69) is 33.2 Å². The number of rotatable bonds is 4. The van der Waals surface area contributed by atoms with Crippen LogP contribution in [-0.2, 0) is 11.2 Å². The molecule has 1 aliphatic heterocycles. The van der Waals surface area contributed by atoms with E-state index in [-0.39, 0.29) is 5.91 Å². The van der Waals surface area contributed by atoms with Crippen LogP contribution in [0, 0.1) is 5.92 Å². The summed E-state index contributed by atoms with van der Waals surface area (Å²) in [6.45, 7) is 3.11. The van der Waals surface area contributed by atoms with Crippen LogP contribution < -0.4 is 5.32 Å². The summed E-state index contributed by atoms with van der Waals surface area (Å²) in [4.78, 5) is 14.2. The lowest BCUT2D eigenvalue weighted by Crippen LogP contribution is -2.37. The third kappa shape index (κ3) is 4.96. The number of likely N-dealkylation sites (tertiary alicyclic amines) is 1. The molecule has 0 unspecified atom stereocenters. The normalized spacial score (nSPS) is 17.4. The molecular weight excluding hydrogens is 304 g/mol. The van der Waals surface area contributed by atoms with Gasteiger partial charge in [-0.25, -0.2) is 0 Å². The highest BCUT2D eigenvalue weighted by atomic mass is 79.9. The molecule has 2 rings (SSSR count). The highest BCUT2D eigenvalue weighted by molar-refractivity contribution is 9.10. The first-order valence-electron chi connectivity index (χ1n) is 6.83. The number of nitrogens with one attached hydrogen (secondary N) is 1. The van der Waals surface area contributed by atoms with E-state index < -0.39 is 0 Å². The summed E-state index contributed by atoms with van der Waals surface area (Å²) < 4.78 is 1.04. The molecule has 0 spiro atoms. The van der Waals surface area contributed by atoms with Crippen molar-refractivity contribution >= 4 is 21.8 Å². The Morgan fingerprint density at radius 3 is 2.58 bits per heavy atom. The smallest absolute Gasteiger partial charge is 0.224 e. The molecule has 0 bridgehead atoms. The van der Waals surface area contributed by atoms with E-state index in [9.17, 15) is 4.79 Å². The molecule has 0 saturated carbocycles. The summed E-state index contributed by atoms with van der Waals surface area (Å²) in [5.41, 5.74) is 1.06. The minimum Gasteiger partial charge on any atom is -0.356 e. The van der Waals surface area contributed by atoms with E-state index in [1.54, 1.807) is 0 Å². The molecule has 1 saturated heterocycles. The van der Waals surface area contributed by atoms with Crippen molar-refractivity contribution in [1.82, 2.24) is 10.2 Å². The van der Waals surface area contributed by atoms with Gasteiger partial charge in [0, 0.05) is 11.0 Å². The first-order chi connectivity index (χ1) is 9.13. The third-order valence-electron chi connectivity index (χ3n) is 3.70. The molecule has 4 heteroatoms. The van der Waals surface area contributed by atoms with Crippen LogP contribution in [0.1, 0.15) is 18.4 Å². The molecule has 0 atom stereocenters. The fourth-order valence-electron chi connectivity index (χ4n) is 2.37. The molecule has 3 nitrogen and oxygen atoms in total. The van der Waals surface area contributed by atoms with Crippen LogP contribution in [0.25, 0.3) is 0 Å². The van der Waals surface area contributed by atoms with E-state index in [4.69, 9.17) is 0 Å². The Hall–Kier alpha value is -0.870. The van der Waals surface area contributed by atoms with Gasteiger partial charge in [0.05, 0.1) is 6.42 Å². The van der Waals surface area contributed by atoms with Gasteiger partial charge < -0.3 is 10.2 Å². The Balaban J connectivity index is 1.71.